The second-order valence-electron chi connectivity index (χ2n) is 14.9. The van der Waals surface area contributed by atoms with Crippen molar-refractivity contribution < 1.29 is 27.1 Å². The zero-order chi connectivity index (χ0) is 34.5. The molecule has 254 valence electrons. The maximum Gasteiger partial charge on any atom is 0.340 e. The van der Waals surface area contributed by atoms with Gasteiger partial charge in [0.05, 0.1) is 22.3 Å². The number of piperidine rings is 1. The maximum absolute atomic E-state index is 13.8. The number of rotatable bonds is 8. The van der Waals surface area contributed by atoms with Crippen LogP contribution in [0.2, 0.25) is 0 Å². The summed E-state index contributed by atoms with van der Waals surface area (Å²) in [5, 5.41) is 0. The van der Waals surface area contributed by atoms with Crippen molar-refractivity contribution in [2.45, 2.75) is 111 Å². The highest BCUT2D eigenvalue weighted by Gasteiger charge is 2.38. The Kier molecular flexibility index (Phi) is 9.63. The van der Waals surface area contributed by atoms with Crippen LogP contribution in [0.3, 0.4) is 0 Å². The monoisotopic (exact) mass is 665 g/mol. The average molecular weight is 666 g/mol. The SMILES string of the molecule is Cc1nc(C)c(C(OC(C)(C)C)C(=O)OC(C)C)c(N2CCC(C)(C)CC2)c1-c1ccc2c(c1)CN(S(=O)(=O)c1ccc(F)cc1)C2. The van der Waals surface area contributed by atoms with Crippen LogP contribution >= 0.6 is 0 Å². The van der Waals surface area contributed by atoms with Crippen LogP contribution in [-0.4, -0.2) is 48.5 Å². The van der Waals surface area contributed by atoms with E-state index >= 15 is 0 Å². The Labute approximate surface area is 279 Å². The highest BCUT2D eigenvalue weighted by molar-refractivity contribution is 7.89. The molecular weight excluding hydrogens is 617 g/mol. The first-order valence-corrected chi connectivity index (χ1v) is 17.8. The van der Waals surface area contributed by atoms with Gasteiger partial charge in [-0.1, -0.05) is 26.0 Å². The minimum absolute atomic E-state index is 0.0589. The molecule has 8 nitrogen and oxygen atoms in total. The number of hydrogen-bond donors (Lipinski definition) is 0. The Morgan fingerprint density at radius 1 is 0.957 bits per heavy atom. The molecule has 1 atom stereocenters. The summed E-state index contributed by atoms with van der Waals surface area (Å²) in [6, 6.07) is 11.0. The number of aromatic nitrogens is 1. The van der Waals surface area contributed by atoms with E-state index in [1.165, 1.54) is 16.4 Å². The standard InChI is InChI=1S/C37H48FN3O5S/c1-23(2)45-35(42)34(46-36(5,6)7)32-25(4)39-24(3)31(33(32)40-18-16-37(8,9)17-19-40)26-10-11-27-21-41(22-28(27)20-26)47(43,44)30-14-12-29(38)13-15-30/h10-15,20,23,34H,16-19,21-22H2,1-9H3. The molecule has 0 saturated carbocycles. The van der Waals surface area contributed by atoms with E-state index in [0.717, 1.165) is 71.7 Å². The smallest absolute Gasteiger partial charge is 0.340 e. The summed E-state index contributed by atoms with van der Waals surface area (Å²) in [5.74, 6) is -0.941. The number of benzene rings is 2. The first-order chi connectivity index (χ1) is 21.9. The molecule has 0 spiro atoms. The molecule has 0 aliphatic carbocycles. The quantitative estimate of drug-likeness (QED) is 0.229. The van der Waals surface area contributed by atoms with E-state index in [-0.39, 0.29) is 29.5 Å². The van der Waals surface area contributed by atoms with Gasteiger partial charge in [0.2, 0.25) is 10.0 Å². The lowest BCUT2D eigenvalue weighted by atomic mass is 9.81. The van der Waals surface area contributed by atoms with E-state index < -0.39 is 33.5 Å². The van der Waals surface area contributed by atoms with Crippen LogP contribution in [0.5, 0.6) is 0 Å². The molecule has 2 aliphatic rings. The third-order valence-corrected chi connectivity index (χ3v) is 10.8. The number of esters is 1. The zero-order valence-corrected chi connectivity index (χ0v) is 29.9. The Bertz CT molecular complexity index is 1750. The molecule has 2 aliphatic heterocycles. The molecule has 1 fully saturated rings. The molecule has 0 N–H and O–H groups in total. The summed E-state index contributed by atoms with van der Waals surface area (Å²) >= 11 is 0. The van der Waals surface area contributed by atoms with E-state index in [4.69, 9.17) is 14.5 Å². The third kappa shape index (κ3) is 7.55. The number of hydrogen-bond acceptors (Lipinski definition) is 7. The lowest BCUT2D eigenvalue weighted by Gasteiger charge is -2.41. The van der Waals surface area contributed by atoms with E-state index in [2.05, 4.69) is 18.7 Å². The van der Waals surface area contributed by atoms with Crippen LogP contribution in [-0.2, 0) is 37.4 Å². The second kappa shape index (κ2) is 12.9. The van der Waals surface area contributed by atoms with Crippen LogP contribution in [0.4, 0.5) is 10.1 Å². The molecule has 10 heteroatoms. The van der Waals surface area contributed by atoms with Crippen molar-refractivity contribution >= 4 is 21.7 Å². The van der Waals surface area contributed by atoms with Gasteiger partial charge in [0.15, 0.2) is 6.10 Å². The summed E-state index contributed by atoms with van der Waals surface area (Å²) in [4.78, 5) is 21.2. The van der Waals surface area contributed by atoms with Gasteiger partial charge < -0.3 is 14.4 Å². The van der Waals surface area contributed by atoms with Gasteiger partial charge in [0.1, 0.15) is 5.82 Å². The third-order valence-electron chi connectivity index (χ3n) is 8.95. The van der Waals surface area contributed by atoms with Crippen LogP contribution in [0.15, 0.2) is 47.4 Å². The van der Waals surface area contributed by atoms with Crippen LogP contribution in [0.1, 0.15) is 95.5 Å². The molecule has 0 amide bonds. The first kappa shape index (κ1) is 35.0. The first-order valence-electron chi connectivity index (χ1n) is 16.4. The Morgan fingerprint density at radius 2 is 1.57 bits per heavy atom. The van der Waals surface area contributed by atoms with Gasteiger partial charge in [-0.15, -0.1) is 0 Å². The highest BCUT2D eigenvalue weighted by Crippen LogP contribution is 2.46. The molecule has 3 aromatic rings. The summed E-state index contributed by atoms with van der Waals surface area (Å²) in [7, 11) is -3.83. The minimum atomic E-state index is -3.83. The van der Waals surface area contributed by atoms with E-state index in [1.807, 2.05) is 66.7 Å². The fourth-order valence-electron chi connectivity index (χ4n) is 6.49. The molecule has 2 aromatic carbocycles. The highest BCUT2D eigenvalue weighted by atomic mass is 32.2. The Hall–Kier alpha value is -3.34. The number of pyridine rings is 1. The number of fused-ring (bicyclic) bond motifs is 1. The van der Waals surface area contributed by atoms with Crippen molar-refractivity contribution in [2.24, 2.45) is 5.41 Å². The zero-order valence-electron chi connectivity index (χ0n) is 29.1. The number of aryl methyl sites for hydroxylation is 2. The summed E-state index contributed by atoms with van der Waals surface area (Å²) < 4.78 is 54.2. The average Bonchev–Trinajstić information content (AvgIpc) is 3.40. The fraction of sp³-hybridized carbons (Fsp3) is 0.514. The van der Waals surface area contributed by atoms with E-state index in [9.17, 15) is 17.6 Å². The number of carbonyl (C=O) groups excluding carboxylic acids is 1. The summed E-state index contributed by atoms with van der Waals surface area (Å²) in [6.45, 7) is 19.9. The van der Waals surface area contributed by atoms with Crippen molar-refractivity contribution in [3.05, 3.63) is 76.4 Å². The van der Waals surface area contributed by atoms with Gasteiger partial charge in [-0.25, -0.2) is 17.6 Å². The molecule has 5 rings (SSSR count). The van der Waals surface area contributed by atoms with Crippen molar-refractivity contribution in [1.29, 1.82) is 0 Å². The molecular formula is C37H48FN3O5S. The van der Waals surface area contributed by atoms with Gasteiger partial charge in [-0.2, -0.15) is 4.31 Å². The van der Waals surface area contributed by atoms with Crippen molar-refractivity contribution in [3.63, 3.8) is 0 Å². The lowest BCUT2D eigenvalue weighted by molar-refractivity contribution is -0.171. The summed E-state index contributed by atoms with van der Waals surface area (Å²) in [5.41, 5.74) is 6.27. The molecule has 0 radical (unpaired) electrons. The van der Waals surface area contributed by atoms with Crippen molar-refractivity contribution in [3.8, 4) is 11.1 Å². The summed E-state index contributed by atoms with van der Waals surface area (Å²) in [6.07, 6.45) is 0.638. The number of sulfonamides is 1. The predicted molar refractivity (Wildman–Crippen MR) is 182 cm³/mol. The van der Waals surface area contributed by atoms with E-state index in [1.54, 1.807) is 0 Å². The van der Waals surface area contributed by atoms with Crippen LogP contribution in [0.25, 0.3) is 11.1 Å². The number of nitrogens with zero attached hydrogens (tertiary/aromatic N) is 3. The largest absolute Gasteiger partial charge is 0.461 e. The number of carbonyl (C=O) groups is 1. The predicted octanol–water partition coefficient (Wildman–Crippen LogP) is 7.64. The van der Waals surface area contributed by atoms with Gasteiger partial charge >= 0.3 is 5.97 Å². The Morgan fingerprint density at radius 3 is 2.17 bits per heavy atom. The van der Waals surface area contributed by atoms with Gasteiger partial charge in [0.25, 0.3) is 0 Å². The van der Waals surface area contributed by atoms with Crippen LogP contribution < -0.4 is 4.90 Å². The number of halogens is 1. The topological polar surface area (TPSA) is 89.0 Å². The molecule has 1 unspecified atom stereocenters. The van der Waals surface area contributed by atoms with Crippen LogP contribution in [0, 0.1) is 25.1 Å². The number of anilines is 1. The molecule has 1 aromatic heterocycles. The fourth-order valence-corrected chi connectivity index (χ4v) is 7.88. The van der Waals surface area contributed by atoms with Gasteiger partial charge in [-0.05, 0) is 114 Å². The van der Waals surface area contributed by atoms with E-state index in [0.29, 0.717) is 11.3 Å². The van der Waals surface area contributed by atoms with Gasteiger partial charge in [0, 0.05) is 48.7 Å². The molecule has 0 bridgehead atoms. The lowest BCUT2D eigenvalue weighted by Crippen LogP contribution is -2.39. The normalized spacial score (nSPS) is 17.6. The van der Waals surface area contributed by atoms with Crippen molar-refractivity contribution in [2.75, 3.05) is 18.0 Å². The number of ether oxygens (including phenoxy) is 2. The molecule has 47 heavy (non-hydrogen) atoms. The maximum atomic E-state index is 13.8. The molecule has 3 heterocycles. The van der Waals surface area contributed by atoms with Crippen molar-refractivity contribution in [1.82, 2.24) is 9.29 Å². The minimum Gasteiger partial charge on any atom is -0.461 e. The Balaban J connectivity index is 1.64. The van der Waals surface area contributed by atoms with Gasteiger partial charge in [-0.3, -0.25) is 4.98 Å². The molecule has 1 saturated heterocycles. The second-order valence-corrected chi connectivity index (χ2v) is 16.8.